The Morgan fingerprint density at radius 1 is 1.20 bits per heavy atom. The molecule has 0 spiro atoms. The minimum Gasteiger partial charge on any atom is -0.370 e. The van der Waals surface area contributed by atoms with Crippen LogP contribution in [0.15, 0.2) is 59.2 Å². The highest BCUT2D eigenvalue weighted by atomic mass is 35.5. The van der Waals surface area contributed by atoms with Crippen LogP contribution in [0.4, 0.5) is 19.3 Å². The van der Waals surface area contributed by atoms with Crippen molar-refractivity contribution in [1.82, 2.24) is 16.0 Å². The third-order valence-electron chi connectivity index (χ3n) is 7.08. The molecule has 3 atom stereocenters. The molecule has 9 nitrogen and oxygen atoms in total. The van der Waals surface area contributed by atoms with Gasteiger partial charge in [-0.15, -0.1) is 0 Å². The summed E-state index contributed by atoms with van der Waals surface area (Å²) in [5.41, 5.74) is 20.6. The summed E-state index contributed by atoms with van der Waals surface area (Å²) in [5.74, 6) is -0.460. The Hall–Kier alpha value is -3.67. The van der Waals surface area contributed by atoms with Crippen molar-refractivity contribution in [1.29, 1.82) is 0 Å². The number of alkyl halides is 1. The molecular weight excluding hydrogens is 550 g/mol. The Morgan fingerprint density at radius 3 is 2.66 bits per heavy atom. The minimum absolute atomic E-state index is 0.00192. The normalized spacial score (nSPS) is 17.6. The first-order valence-electron chi connectivity index (χ1n) is 13.6. The number of halogens is 3. The number of guanidine groups is 1. The van der Waals surface area contributed by atoms with Crippen LogP contribution in [0.3, 0.4) is 0 Å². The van der Waals surface area contributed by atoms with E-state index in [0.717, 1.165) is 29.7 Å². The summed E-state index contributed by atoms with van der Waals surface area (Å²) in [6.45, 7) is 2.81. The first kappa shape index (κ1) is 30.3. The number of rotatable bonds is 13. The molecule has 0 saturated heterocycles. The van der Waals surface area contributed by atoms with Crippen LogP contribution < -0.4 is 38.1 Å². The molecule has 2 aromatic carbocycles. The number of nitrogens with zero attached hydrogens (tertiary/aromatic N) is 2. The minimum atomic E-state index is -0.575. The molecule has 2 aliphatic rings. The van der Waals surface area contributed by atoms with E-state index in [1.54, 1.807) is 24.4 Å². The predicted octanol–water partition coefficient (Wildman–Crippen LogP) is 3.80. The van der Waals surface area contributed by atoms with Gasteiger partial charge in [0.2, 0.25) is 0 Å². The monoisotopic (exact) mass is 586 g/mol. The molecule has 4 rings (SSSR count). The lowest BCUT2D eigenvalue weighted by molar-refractivity contribution is 0.244. The highest BCUT2D eigenvalue weighted by Crippen LogP contribution is 2.32. The molecule has 0 radical (unpaired) electrons. The molecule has 41 heavy (non-hydrogen) atoms. The Morgan fingerprint density at radius 2 is 1.95 bits per heavy atom. The maximum Gasteiger partial charge on any atom is 0.327 e. The van der Waals surface area contributed by atoms with Gasteiger partial charge in [-0.05, 0) is 80.6 Å². The smallest absolute Gasteiger partial charge is 0.327 e. The zero-order valence-corrected chi connectivity index (χ0v) is 23.7. The van der Waals surface area contributed by atoms with E-state index in [9.17, 15) is 9.18 Å². The molecule has 12 heteroatoms. The van der Waals surface area contributed by atoms with Crippen LogP contribution in [0.1, 0.15) is 48.9 Å². The summed E-state index contributed by atoms with van der Waals surface area (Å²) in [5, 5.41) is 9.54. The molecule has 2 heterocycles. The molecule has 2 aromatic rings. The summed E-state index contributed by atoms with van der Waals surface area (Å²) in [4.78, 5) is 18.5. The van der Waals surface area contributed by atoms with Gasteiger partial charge in [-0.2, -0.15) is 0 Å². The van der Waals surface area contributed by atoms with Gasteiger partial charge in [0.1, 0.15) is 12.8 Å². The van der Waals surface area contributed by atoms with E-state index in [-0.39, 0.29) is 23.1 Å². The van der Waals surface area contributed by atoms with Crippen molar-refractivity contribution < 1.29 is 13.6 Å². The SMILES string of the molecule is CC(NCCCN=C(N)N)c1ccc(N2C=C3C=C(c4cc(CCCC(N)CF)cc(Cl)c4F)NC3NC2=O)cc1. The largest absolute Gasteiger partial charge is 0.370 e. The number of aliphatic imine (C=N–C) groups is 1. The fourth-order valence-corrected chi connectivity index (χ4v) is 5.03. The first-order chi connectivity index (χ1) is 19.7. The van der Waals surface area contributed by atoms with E-state index >= 15 is 4.39 Å². The van der Waals surface area contributed by atoms with E-state index in [0.29, 0.717) is 42.8 Å². The van der Waals surface area contributed by atoms with Crippen LogP contribution in [0.25, 0.3) is 5.70 Å². The highest BCUT2D eigenvalue weighted by Gasteiger charge is 2.32. The number of hydrogen-bond donors (Lipinski definition) is 6. The van der Waals surface area contributed by atoms with Gasteiger partial charge in [0.05, 0.1) is 10.7 Å². The van der Waals surface area contributed by atoms with Gasteiger partial charge in [-0.3, -0.25) is 9.89 Å². The van der Waals surface area contributed by atoms with E-state index < -0.39 is 24.7 Å². The number of aryl methyl sites for hydroxylation is 1. The number of carbonyl (C=O) groups excluding carboxylic acids is 1. The van der Waals surface area contributed by atoms with Crippen molar-refractivity contribution in [2.24, 2.45) is 22.2 Å². The predicted molar refractivity (Wildman–Crippen MR) is 160 cm³/mol. The third-order valence-corrected chi connectivity index (χ3v) is 7.35. The lowest BCUT2D eigenvalue weighted by Gasteiger charge is -2.29. The van der Waals surface area contributed by atoms with E-state index in [1.165, 1.54) is 4.90 Å². The van der Waals surface area contributed by atoms with Crippen molar-refractivity contribution in [2.75, 3.05) is 24.7 Å². The first-order valence-corrected chi connectivity index (χ1v) is 14.0. The van der Waals surface area contributed by atoms with E-state index in [1.807, 2.05) is 24.3 Å². The lowest BCUT2D eigenvalue weighted by atomic mass is 10.0. The van der Waals surface area contributed by atoms with Gasteiger partial charge in [0, 0.05) is 41.7 Å². The number of amides is 2. The number of urea groups is 1. The number of hydrogen-bond acceptors (Lipinski definition) is 5. The molecule has 220 valence electrons. The van der Waals surface area contributed by atoms with E-state index in [2.05, 4.69) is 27.9 Å². The van der Waals surface area contributed by atoms with Crippen LogP contribution >= 0.6 is 11.6 Å². The lowest BCUT2D eigenvalue weighted by Crippen LogP contribution is -2.51. The van der Waals surface area contributed by atoms with Crippen LogP contribution in [0, 0.1) is 5.82 Å². The molecule has 0 fully saturated rings. The van der Waals surface area contributed by atoms with Crippen molar-refractivity contribution in [2.45, 2.75) is 50.9 Å². The number of benzene rings is 2. The summed E-state index contributed by atoms with van der Waals surface area (Å²) >= 11 is 6.21. The average Bonchev–Trinajstić information content (AvgIpc) is 3.36. The van der Waals surface area contributed by atoms with Crippen LogP contribution in [0.5, 0.6) is 0 Å². The van der Waals surface area contributed by atoms with Gasteiger partial charge in [0.25, 0.3) is 0 Å². The molecule has 0 saturated carbocycles. The summed E-state index contributed by atoms with van der Waals surface area (Å²) in [7, 11) is 0. The maximum absolute atomic E-state index is 15.1. The number of carbonyl (C=O) groups is 1. The molecule has 2 aliphatic heterocycles. The zero-order valence-electron chi connectivity index (χ0n) is 23.0. The summed E-state index contributed by atoms with van der Waals surface area (Å²) in [6, 6.07) is 10.3. The Bertz CT molecular complexity index is 1330. The fraction of sp³-hybridized carbons (Fsp3) is 0.379. The molecule has 0 aromatic heterocycles. The van der Waals surface area contributed by atoms with Crippen LogP contribution in [0.2, 0.25) is 5.02 Å². The van der Waals surface area contributed by atoms with Crippen molar-refractivity contribution in [3.8, 4) is 0 Å². The summed E-state index contributed by atoms with van der Waals surface area (Å²) in [6.07, 6.45) is 5.62. The van der Waals surface area contributed by atoms with Gasteiger partial charge < -0.3 is 33.2 Å². The van der Waals surface area contributed by atoms with Gasteiger partial charge in [-0.25, -0.2) is 13.6 Å². The number of anilines is 1. The molecule has 0 bridgehead atoms. The number of fused-ring (bicyclic) bond motifs is 1. The molecule has 3 unspecified atom stereocenters. The van der Waals surface area contributed by atoms with Crippen molar-refractivity contribution >= 4 is 35.0 Å². The quantitative estimate of drug-likeness (QED) is 0.120. The van der Waals surface area contributed by atoms with Crippen molar-refractivity contribution in [3.63, 3.8) is 0 Å². The van der Waals surface area contributed by atoms with Gasteiger partial charge >= 0.3 is 6.03 Å². The maximum atomic E-state index is 15.1. The molecule has 9 N–H and O–H groups in total. The molecule has 2 amide bonds. The second-order valence-corrected chi connectivity index (χ2v) is 10.7. The number of nitrogens with two attached hydrogens (primary N) is 3. The van der Waals surface area contributed by atoms with Gasteiger partial charge in [0.15, 0.2) is 11.8 Å². The molecule has 0 aliphatic carbocycles. The van der Waals surface area contributed by atoms with E-state index in [4.69, 9.17) is 28.8 Å². The number of nitrogens with one attached hydrogen (secondary N) is 3. The zero-order chi connectivity index (χ0) is 29.5. The molecular formula is C29H37ClF2N8O. The third kappa shape index (κ3) is 7.75. The fourth-order valence-electron chi connectivity index (χ4n) is 4.79. The van der Waals surface area contributed by atoms with Crippen LogP contribution in [-0.4, -0.2) is 44.0 Å². The highest BCUT2D eigenvalue weighted by molar-refractivity contribution is 6.31. The van der Waals surface area contributed by atoms with Crippen molar-refractivity contribution in [3.05, 3.63) is 81.8 Å². The summed E-state index contributed by atoms with van der Waals surface area (Å²) < 4.78 is 27.7. The average molecular weight is 587 g/mol. The van der Waals surface area contributed by atoms with Gasteiger partial charge in [-0.1, -0.05) is 23.7 Å². The standard InChI is InChI=1S/C29H37ClF2N8O/c1-17(36-10-3-11-37-28(34)35)19-6-8-22(9-7-19)40-16-20-14-25(38-27(20)39-29(40)41)23-12-18(13-24(30)26(23)32)4-2-5-21(33)15-31/h6-9,12-14,16-17,21,27,36,38H,2-5,10-11,15,33H2,1H3,(H,39,41)(H4,34,35,37). The second kappa shape index (κ2) is 13.8. The topological polar surface area (TPSA) is 147 Å². The second-order valence-electron chi connectivity index (χ2n) is 10.3. The Balaban J connectivity index is 1.45. The Kier molecular flexibility index (Phi) is 10.2. The Labute approximate surface area is 243 Å². The van der Waals surface area contributed by atoms with Crippen LogP contribution in [-0.2, 0) is 6.42 Å².